The van der Waals surface area contributed by atoms with Crippen molar-refractivity contribution in [2.45, 2.75) is 31.1 Å². The van der Waals surface area contributed by atoms with E-state index in [9.17, 15) is 17.6 Å². The van der Waals surface area contributed by atoms with E-state index >= 15 is 0 Å². The molecule has 0 radical (unpaired) electrons. The zero-order chi connectivity index (χ0) is 22.3. The molecule has 0 aromatic heterocycles. The molecule has 162 valence electrons. The third kappa shape index (κ3) is 6.15. The van der Waals surface area contributed by atoms with Gasteiger partial charge >= 0.3 is 0 Å². The van der Waals surface area contributed by atoms with Crippen LogP contribution in [-0.2, 0) is 22.9 Å². The van der Waals surface area contributed by atoms with Crippen LogP contribution in [0, 0.1) is 5.82 Å². The topological polar surface area (TPSA) is 75.3 Å². The summed E-state index contributed by atoms with van der Waals surface area (Å²) in [6.45, 7) is 2.40. The molecule has 0 atom stereocenters. The fourth-order valence-electron chi connectivity index (χ4n) is 3.16. The maximum atomic E-state index is 13.0. The predicted octanol–water partition coefficient (Wildman–Crippen LogP) is 4.55. The zero-order valence-corrected chi connectivity index (χ0v) is 18.1. The van der Waals surface area contributed by atoms with E-state index in [0.29, 0.717) is 13.0 Å². The van der Waals surface area contributed by atoms with Gasteiger partial charge in [-0.25, -0.2) is 12.8 Å². The number of amides is 1. The van der Waals surface area contributed by atoms with Crippen LogP contribution in [0.15, 0.2) is 77.7 Å². The quantitative estimate of drug-likeness (QED) is 0.513. The molecule has 0 spiro atoms. The summed E-state index contributed by atoms with van der Waals surface area (Å²) in [7, 11) is -3.83. The van der Waals surface area contributed by atoms with Gasteiger partial charge in [-0.1, -0.05) is 49.7 Å². The highest BCUT2D eigenvalue weighted by molar-refractivity contribution is 7.92. The maximum absolute atomic E-state index is 13.0. The van der Waals surface area contributed by atoms with Gasteiger partial charge < -0.3 is 5.32 Å². The second-order valence-corrected chi connectivity index (χ2v) is 8.86. The molecule has 0 unspecified atom stereocenters. The zero-order valence-electron chi connectivity index (χ0n) is 17.3. The summed E-state index contributed by atoms with van der Waals surface area (Å²) in [5.41, 5.74) is 2.40. The average molecular weight is 441 g/mol. The lowest BCUT2D eigenvalue weighted by Crippen LogP contribution is -2.27. The Kier molecular flexibility index (Phi) is 7.41. The number of nitrogens with one attached hydrogen (secondary N) is 2. The van der Waals surface area contributed by atoms with Crippen LogP contribution in [-0.4, -0.2) is 20.9 Å². The number of para-hydroxylation sites is 1. The Morgan fingerprint density at radius 3 is 2.16 bits per heavy atom. The van der Waals surface area contributed by atoms with Crippen LogP contribution in [0.3, 0.4) is 0 Å². The molecule has 7 heteroatoms. The lowest BCUT2D eigenvalue weighted by Gasteiger charge is -2.13. The Morgan fingerprint density at radius 1 is 0.871 bits per heavy atom. The number of benzene rings is 3. The van der Waals surface area contributed by atoms with Crippen LogP contribution in [0.2, 0.25) is 0 Å². The van der Waals surface area contributed by atoms with Gasteiger partial charge in [0.2, 0.25) is 0 Å². The molecule has 1 amide bonds. The number of carbonyl (C=O) groups excluding carboxylic acids is 1. The molecule has 0 saturated heterocycles. The molecule has 3 aromatic rings. The first-order chi connectivity index (χ1) is 14.9. The van der Waals surface area contributed by atoms with Crippen molar-refractivity contribution >= 4 is 21.6 Å². The lowest BCUT2D eigenvalue weighted by molar-refractivity contribution is 0.0955. The van der Waals surface area contributed by atoms with Crippen LogP contribution >= 0.6 is 0 Å². The highest BCUT2D eigenvalue weighted by Gasteiger charge is 2.18. The maximum Gasteiger partial charge on any atom is 0.261 e. The van der Waals surface area contributed by atoms with E-state index in [4.69, 9.17) is 0 Å². The first-order valence-corrected chi connectivity index (χ1v) is 11.6. The van der Waals surface area contributed by atoms with Gasteiger partial charge in [-0.15, -0.1) is 0 Å². The number of sulfonamides is 1. The summed E-state index contributed by atoms with van der Waals surface area (Å²) >= 11 is 0. The van der Waals surface area contributed by atoms with Crippen molar-refractivity contribution in [3.8, 4) is 0 Å². The molecule has 0 aliphatic heterocycles. The average Bonchev–Trinajstić information content (AvgIpc) is 2.76. The van der Waals surface area contributed by atoms with Crippen LogP contribution in [0.25, 0.3) is 0 Å². The van der Waals surface area contributed by atoms with E-state index < -0.39 is 15.9 Å². The first kappa shape index (κ1) is 22.5. The molecule has 0 saturated carbocycles. The summed E-state index contributed by atoms with van der Waals surface area (Å²) in [6, 6.07) is 19.3. The number of halogens is 1. The minimum absolute atomic E-state index is 0.138. The third-order valence-corrected chi connectivity index (χ3v) is 6.18. The van der Waals surface area contributed by atoms with Crippen molar-refractivity contribution in [2.75, 3.05) is 11.3 Å². The Hall–Kier alpha value is -3.19. The Morgan fingerprint density at radius 2 is 1.48 bits per heavy atom. The van der Waals surface area contributed by atoms with Crippen LogP contribution in [0.5, 0.6) is 0 Å². The van der Waals surface area contributed by atoms with Crippen molar-refractivity contribution in [2.24, 2.45) is 0 Å². The van der Waals surface area contributed by atoms with Gasteiger partial charge in [0.1, 0.15) is 5.82 Å². The molecular weight excluding hydrogens is 415 g/mol. The number of rotatable bonds is 9. The molecule has 3 aromatic carbocycles. The summed E-state index contributed by atoms with van der Waals surface area (Å²) in [5, 5.41) is 2.78. The van der Waals surface area contributed by atoms with Crippen molar-refractivity contribution in [3.63, 3.8) is 0 Å². The van der Waals surface area contributed by atoms with Gasteiger partial charge in [-0.2, -0.15) is 0 Å². The van der Waals surface area contributed by atoms with Crippen molar-refractivity contribution in [3.05, 3.63) is 95.3 Å². The van der Waals surface area contributed by atoms with Crippen LogP contribution < -0.4 is 10.0 Å². The summed E-state index contributed by atoms with van der Waals surface area (Å²) in [5.74, 6) is -0.701. The molecule has 3 rings (SSSR count). The highest BCUT2D eigenvalue weighted by Crippen LogP contribution is 2.21. The number of carbonyl (C=O) groups is 1. The predicted molar refractivity (Wildman–Crippen MR) is 120 cm³/mol. The molecular formula is C24H25FN2O3S. The normalized spacial score (nSPS) is 11.2. The largest absolute Gasteiger partial charge is 0.352 e. The smallest absolute Gasteiger partial charge is 0.261 e. The van der Waals surface area contributed by atoms with E-state index in [1.54, 1.807) is 60.7 Å². The van der Waals surface area contributed by atoms with E-state index in [0.717, 1.165) is 24.0 Å². The Labute approximate surface area is 182 Å². The minimum atomic E-state index is -3.83. The first-order valence-electron chi connectivity index (χ1n) is 10.1. The van der Waals surface area contributed by atoms with Crippen molar-refractivity contribution < 1.29 is 17.6 Å². The van der Waals surface area contributed by atoms with Crippen molar-refractivity contribution in [1.82, 2.24) is 5.32 Å². The van der Waals surface area contributed by atoms with Crippen molar-refractivity contribution in [1.29, 1.82) is 0 Å². The Balaban J connectivity index is 1.68. The summed E-state index contributed by atoms with van der Waals surface area (Å²) in [4.78, 5) is 12.8. The van der Waals surface area contributed by atoms with Gasteiger partial charge in [0, 0.05) is 6.54 Å². The second kappa shape index (κ2) is 10.2. The van der Waals surface area contributed by atoms with Gasteiger partial charge in [0.25, 0.3) is 15.9 Å². The van der Waals surface area contributed by atoms with Crippen LogP contribution in [0.4, 0.5) is 10.1 Å². The van der Waals surface area contributed by atoms with E-state index in [1.807, 2.05) is 0 Å². The summed E-state index contributed by atoms with van der Waals surface area (Å²) in [6.07, 6.45) is 2.40. The molecule has 0 bridgehead atoms. The standard InChI is InChI=1S/C24H25FN2O3S/c1-2-5-18-10-14-21(15-11-18)31(29,30)27-23-7-4-3-6-22(23)24(28)26-17-16-19-8-12-20(25)13-9-19/h3-4,6-15,27H,2,5,16-17H2,1H3,(H,26,28). The third-order valence-electron chi connectivity index (χ3n) is 4.80. The fraction of sp³-hybridized carbons (Fsp3) is 0.208. The van der Waals surface area contributed by atoms with Gasteiger partial charge in [-0.05, 0) is 60.4 Å². The SMILES string of the molecule is CCCc1ccc(S(=O)(=O)Nc2ccccc2C(=O)NCCc2ccc(F)cc2)cc1. The van der Waals surface area contributed by atoms with Gasteiger partial charge in [0.15, 0.2) is 0 Å². The number of hydrogen-bond acceptors (Lipinski definition) is 3. The number of hydrogen-bond donors (Lipinski definition) is 2. The number of aryl methyl sites for hydroxylation is 1. The Bertz CT molecular complexity index is 1130. The fourth-order valence-corrected chi connectivity index (χ4v) is 4.24. The molecule has 2 N–H and O–H groups in total. The van der Waals surface area contributed by atoms with E-state index in [1.165, 1.54) is 12.1 Å². The minimum Gasteiger partial charge on any atom is -0.352 e. The van der Waals surface area contributed by atoms with Gasteiger partial charge in [0.05, 0.1) is 16.1 Å². The lowest BCUT2D eigenvalue weighted by atomic mass is 10.1. The molecule has 0 fully saturated rings. The van der Waals surface area contributed by atoms with E-state index in [2.05, 4.69) is 17.0 Å². The molecule has 31 heavy (non-hydrogen) atoms. The monoisotopic (exact) mass is 440 g/mol. The highest BCUT2D eigenvalue weighted by atomic mass is 32.2. The molecule has 0 heterocycles. The molecule has 5 nitrogen and oxygen atoms in total. The van der Waals surface area contributed by atoms with Gasteiger partial charge in [-0.3, -0.25) is 9.52 Å². The van der Waals surface area contributed by atoms with Crippen LogP contribution in [0.1, 0.15) is 34.8 Å². The second-order valence-electron chi connectivity index (χ2n) is 7.18. The molecule has 0 aliphatic carbocycles. The van der Waals surface area contributed by atoms with E-state index in [-0.39, 0.29) is 22.0 Å². The molecule has 0 aliphatic rings. The number of anilines is 1. The summed E-state index contributed by atoms with van der Waals surface area (Å²) < 4.78 is 41.1.